The predicted molar refractivity (Wildman–Crippen MR) is 204 cm³/mol. The smallest absolute Gasteiger partial charge is 0.408 e. The third-order valence-corrected chi connectivity index (χ3v) is 11.5. The Labute approximate surface area is 322 Å². The summed E-state index contributed by atoms with van der Waals surface area (Å²) in [5.41, 5.74) is -2.07. The first-order valence-corrected chi connectivity index (χ1v) is 19.1. The van der Waals surface area contributed by atoms with Gasteiger partial charge in [-0.25, -0.2) is 19.2 Å². The molecule has 8 atom stereocenters. The number of urea groups is 1. The van der Waals surface area contributed by atoms with Gasteiger partial charge in [-0.15, -0.1) is 0 Å². The maximum Gasteiger partial charge on any atom is 0.408 e. The van der Waals surface area contributed by atoms with Gasteiger partial charge < -0.3 is 40.0 Å². The maximum absolute atomic E-state index is 13.4. The molecule has 5 amide bonds. The molecule has 0 bridgehead atoms. The summed E-state index contributed by atoms with van der Waals surface area (Å²) in [6.07, 6.45) is -0.643. The van der Waals surface area contributed by atoms with E-state index in [0.29, 0.717) is 13.1 Å². The van der Waals surface area contributed by atoms with Gasteiger partial charge in [-0.05, 0) is 75.0 Å². The summed E-state index contributed by atoms with van der Waals surface area (Å²) in [6, 6.07) is -3.13. The summed E-state index contributed by atoms with van der Waals surface area (Å²) >= 11 is 0. The Morgan fingerprint density at radius 2 is 0.963 bits per heavy atom. The fourth-order valence-corrected chi connectivity index (χ4v) is 8.37. The molecule has 308 valence electrons. The van der Waals surface area contributed by atoms with Gasteiger partial charge in [-0.2, -0.15) is 0 Å². The number of ether oxygens (including phenoxy) is 3. The molecular weight excluding hydrogens is 694 g/mol. The molecule has 2 aliphatic carbocycles. The summed E-state index contributed by atoms with van der Waals surface area (Å²) in [4.78, 5) is 79.4. The fraction of sp³-hybridized carbons (Fsp3) is 0.850. The van der Waals surface area contributed by atoms with Crippen LogP contribution in [-0.4, -0.2) is 108 Å². The molecule has 2 heterocycles. The lowest BCUT2D eigenvalue weighted by Gasteiger charge is -2.37. The minimum Gasteiger partial charge on any atom is -0.467 e. The fourth-order valence-electron chi connectivity index (χ4n) is 8.37. The van der Waals surface area contributed by atoms with Crippen molar-refractivity contribution in [2.24, 2.45) is 45.3 Å². The molecule has 0 aromatic carbocycles. The van der Waals surface area contributed by atoms with Gasteiger partial charge in [-0.3, -0.25) is 9.59 Å². The molecule has 14 heteroatoms. The highest BCUT2D eigenvalue weighted by Crippen LogP contribution is 2.66. The van der Waals surface area contributed by atoms with E-state index in [-0.39, 0.29) is 52.3 Å². The third-order valence-electron chi connectivity index (χ3n) is 11.5. The molecule has 0 aromatic heterocycles. The molecule has 2 aliphatic heterocycles. The topological polar surface area (TPSA) is 173 Å². The van der Waals surface area contributed by atoms with Gasteiger partial charge in [0.1, 0.15) is 29.8 Å². The minimum absolute atomic E-state index is 0.0193. The van der Waals surface area contributed by atoms with E-state index in [1.165, 1.54) is 14.2 Å². The van der Waals surface area contributed by atoms with Crippen molar-refractivity contribution in [2.45, 2.75) is 146 Å². The van der Waals surface area contributed by atoms with Gasteiger partial charge in [0.2, 0.25) is 11.8 Å². The minimum atomic E-state index is -0.805. The molecule has 0 spiro atoms. The van der Waals surface area contributed by atoms with Crippen molar-refractivity contribution >= 4 is 35.9 Å². The van der Waals surface area contributed by atoms with Gasteiger partial charge >= 0.3 is 24.1 Å². The van der Waals surface area contributed by atoms with Crippen LogP contribution in [0.15, 0.2) is 0 Å². The van der Waals surface area contributed by atoms with Crippen LogP contribution in [0.4, 0.5) is 9.59 Å². The molecule has 3 N–H and O–H groups in total. The van der Waals surface area contributed by atoms with Crippen molar-refractivity contribution < 1.29 is 43.0 Å². The molecule has 2 saturated heterocycles. The van der Waals surface area contributed by atoms with Crippen molar-refractivity contribution in [3.05, 3.63) is 0 Å². The summed E-state index contributed by atoms with van der Waals surface area (Å²) in [5.74, 6) is -0.521. The molecule has 4 fully saturated rings. The number of carbonyl (C=O) groups excluding carboxylic acids is 6. The zero-order valence-corrected chi connectivity index (χ0v) is 36.1. The SMILES string of the molecule is COC(=O)[C@@H]1[C@@H]2[C@H](CN1C(=O)[C@@H](NC(=O)NC(C)(C)C)C(C)(C)C)C2(C)C.COC(=O)[C@@H]1[C@@H]2[C@H](CN1C(=O)[C@@H](NC(=O)OC(C)(C)C)C(C)(C)C)C2(C)C. The second-order valence-corrected chi connectivity index (χ2v) is 20.9. The average Bonchev–Trinajstić information content (AvgIpc) is 3.46. The predicted octanol–water partition coefficient (Wildman–Crippen LogP) is 4.74. The van der Waals surface area contributed by atoms with Crippen molar-refractivity contribution in [3.8, 4) is 0 Å². The number of methoxy groups -OCH3 is 2. The number of fused-ring (bicyclic) bond motifs is 2. The summed E-state index contributed by atoms with van der Waals surface area (Å²) in [5, 5.41) is 8.37. The molecule has 4 aliphatic rings. The highest BCUT2D eigenvalue weighted by Gasteiger charge is 2.71. The van der Waals surface area contributed by atoms with Crippen LogP contribution in [0, 0.1) is 45.3 Å². The number of carbonyl (C=O) groups is 6. The average molecular weight is 764 g/mol. The second-order valence-electron chi connectivity index (χ2n) is 20.9. The Balaban J connectivity index is 0.000000290. The van der Waals surface area contributed by atoms with Crippen LogP contribution in [0.1, 0.15) is 111 Å². The quantitative estimate of drug-likeness (QED) is 0.255. The van der Waals surface area contributed by atoms with Crippen molar-refractivity contribution in [3.63, 3.8) is 0 Å². The van der Waals surface area contributed by atoms with E-state index in [4.69, 9.17) is 14.2 Å². The standard InChI is InChI=1S/C20H35N3O4.C20H34N2O5/c1-18(2,3)14(21-17(26)22-19(4,5)6)15(24)23-10-11-12(20(11,7)8)13(23)16(25)27-9;1-18(2,3)14(21-17(25)27-19(4,5)6)15(23)22-10-11-12(20(11,7)8)13(22)16(24)26-9/h11-14H,10H2,1-9H3,(H2,21,22,26);11-14H,10H2,1-9H3,(H,21,25)/t2*11-,12-,13-,14+/m00/s1. The lowest BCUT2D eigenvalue weighted by molar-refractivity contribution is -0.154. The van der Waals surface area contributed by atoms with Crippen LogP contribution in [0.2, 0.25) is 0 Å². The first-order valence-electron chi connectivity index (χ1n) is 19.1. The normalized spacial score (nSPS) is 27.4. The van der Waals surface area contributed by atoms with Gasteiger partial charge in [0.15, 0.2) is 0 Å². The number of hydrogen-bond acceptors (Lipinski definition) is 9. The van der Waals surface area contributed by atoms with Crippen LogP contribution >= 0.6 is 0 Å². The first-order chi connectivity index (χ1) is 24.2. The van der Waals surface area contributed by atoms with Crippen LogP contribution in [-0.2, 0) is 33.4 Å². The first kappa shape index (κ1) is 44.8. The van der Waals surface area contributed by atoms with E-state index in [0.717, 1.165) is 0 Å². The van der Waals surface area contributed by atoms with E-state index in [9.17, 15) is 28.8 Å². The van der Waals surface area contributed by atoms with Crippen molar-refractivity contribution in [1.29, 1.82) is 0 Å². The molecule has 0 radical (unpaired) electrons. The van der Waals surface area contributed by atoms with Crippen LogP contribution in [0.25, 0.3) is 0 Å². The van der Waals surface area contributed by atoms with E-state index in [2.05, 4.69) is 43.6 Å². The van der Waals surface area contributed by atoms with Crippen molar-refractivity contribution in [2.75, 3.05) is 27.3 Å². The maximum atomic E-state index is 13.4. The number of likely N-dealkylation sites (tertiary alicyclic amines) is 2. The molecule has 0 unspecified atom stereocenters. The number of alkyl carbamates (subject to hydrolysis) is 1. The summed E-state index contributed by atoms with van der Waals surface area (Å²) < 4.78 is 15.3. The second kappa shape index (κ2) is 14.8. The monoisotopic (exact) mass is 764 g/mol. The molecule has 54 heavy (non-hydrogen) atoms. The Morgan fingerprint density at radius 3 is 1.26 bits per heavy atom. The zero-order valence-electron chi connectivity index (χ0n) is 36.1. The number of esters is 2. The number of hydrogen-bond donors (Lipinski definition) is 3. The zero-order chi connectivity index (χ0) is 41.9. The highest BCUT2D eigenvalue weighted by atomic mass is 16.6. The van der Waals surface area contributed by atoms with E-state index in [1.807, 2.05) is 62.3 Å². The van der Waals surface area contributed by atoms with Gasteiger partial charge in [0.05, 0.1) is 14.2 Å². The summed E-state index contributed by atoms with van der Waals surface area (Å²) in [6.45, 7) is 31.8. The van der Waals surface area contributed by atoms with E-state index < -0.39 is 64.2 Å². The number of nitrogens with zero attached hydrogens (tertiary/aromatic N) is 2. The van der Waals surface area contributed by atoms with Gasteiger partial charge in [-0.1, -0.05) is 69.2 Å². The lowest BCUT2D eigenvalue weighted by Crippen LogP contribution is -2.60. The number of rotatable bonds is 6. The number of amides is 5. The summed E-state index contributed by atoms with van der Waals surface area (Å²) in [7, 11) is 2.69. The third kappa shape index (κ3) is 9.61. The van der Waals surface area contributed by atoms with Crippen LogP contribution < -0.4 is 16.0 Å². The largest absolute Gasteiger partial charge is 0.467 e. The van der Waals surface area contributed by atoms with Crippen LogP contribution in [0.3, 0.4) is 0 Å². The Morgan fingerprint density at radius 1 is 0.611 bits per heavy atom. The Hall–Kier alpha value is -3.58. The Bertz CT molecular complexity index is 1370. The van der Waals surface area contributed by atoms with Crippen molar-refractivity contribution in [1.82, 2.24) is 25.8 Å². The number of nitrogens with one attached hydrogen (secondary N) is 3. The highest BCUT2D eigenvalue weighted by molar-refractivity contribution is 5.93. The Kier molecular flexibility index (Phi) is 12.3. The molecule has 2 saturated carbocycles. The number of piperidine rings is 2. The van der Waals surface area contributed by atoms with Gasteiger partial charge in [0.25, 0.3) is 0 Å². The lowest BCUT2D eigenvalue weighted by atomic mass is 9.85. The van der Waals surface area contributed by atoms with Gasteiger partial charge in [0, 0.05) is 30.5 Å². The molecule has 0 aromatic rings. The molecule has 4 rings (SSSR count). The molecular formula is C40H69N5O9. The van der Waals surface area contributed by atoms with E-state index in [1.54, 1.807) is 30.6 Å². The van der Waals surface area contributed by atoms with E-state index >= 15 is 0 Å². The molecule has 14 nitrogen and oxygen atoms in total. The van der Waals surface area contributed by atoms with Crippen LogP contribution in [0.5, 0.6) is 0 Å².